The van der Waals surface area contributed by atoms with Gasteiger partial charge in [0.25, 0.3) is 5.69 Å². The molecule has 0 aliphatic rings. The van der Waals surface area contributed by atoms with Crippen LogP contribution >= 0.6 is 0 Å². The molecule has 0 aliphatic carbocycles. The molecule has 0 radical (unpaired) electrons. The van der Waals surface area contributed by atoms with Crippen molar-refractivity contribution in [1.29, 1.82) is 0 Å². The first-order valence-electron chi connectivity index (χ1n) is 9.26. The fraction of sp³-hybridized carbons (Fsp3) is 0.200. The van der Waals surface area contributed by atoms with Crippen LogP contribution < -0.4 is 14.8 Å². The summed E-state index contributed by atoms with van der Waals surface area (Å²) in [6, 6.07) is 9.38. The van der Waals surface area contributed by atoms with Crippen molar-refractivity contribution < 1.29 is 24.1 Å². The van der Waals surface area contributed by atoms with E-state index in [2.05, 4.69) is 10.4 Å². The lowest BCUT2D eigenvalue weighted by Crippen LogP contribution is -2.19. The van der Waals surface area contributed by atoms with E-state index >= 15 is 0 Å². The summed E-state index contributed by atoms with van der Waals surface area (Å²) in [5.74, 6) is -0.183. The highest BCUT2D eigenvalue weighted by Gasteiger charge is 2.21. The van der Waals surface area contributed by atoms with E-state index in [1.54, 1.807) is 12.1 Å². The Morgan fingerprint density at radius 2 is 1.69 bits per heavy atom. The van der Waals surface area contributed by atoms with Gasteiger partial charge < -0.3 is 14.8 Å². The first-order valence-corrected chi connectivity index (χ1v) is 9.26. The number of aromatic nitrogens is 2. The topological polar surface area (TPSA) is 152 Å². The van der Waals surface area contributed by atoms with Crippen LogP contribution in [0.15, 0.2) is 42.6 Å². The van der Waals surface area contributed by atoms with Crippen molar-refractivity contribution in [1.82, 2.24) is 9.78 Å². The third-order valence-electron chi connectivity index (χ3n) is 4.22. The van der Waals surface area contributed by atoms with Crippen LogP contribution in [0.1, 0.15) is 11.1 Å². The third kappa shape index (κ3) is 5.36. The molecular weight excluding hydrogens is 422 g/mol. The Kier molecular flexibility index (Phi) is 6.33. The number of nitrogens with zero attached hydrogens (tertiary/aromatic N) is 4. The van der Waals surface area contributed by atoms with E-state index in [0.29, 0.717) is 5.75 Å². The van der Waals surface area contributed by atoms with E-state index in [1.165, 1.54) is 25.3 Å². The van der Waals surface area contributed by atoms with Crippen molar-refractivity contribution in [3.63, 3.8) is 0 Å². The maximum atomic E-state index is 12.4. The van der Waals surface area contributed by atoms with Gasteiger partial charge in [-0.25, -0.2) is 0 Å². The van der Waals surface area contributed by atoms with Gasteiger partial charge in [0.1, 0.15) is 24.2 Å². The summed E-state index contributed by atoms with van der Waals surface area (Å²) in [6.45, 7) is 3.42. The van der Waals surface area contributed by atoms with Crippen molar-refractivity contribution in [3.05, 3.63) is 74.0 Å². The van der Waals surface area contributed by atoms with E-state index in [-0.39, 0.29) is 35.2 Å². The molecule has 0 unspecified atom stereocenters. The summed E-state index contributed by atoms with van der Waals surface area (Å²) in [4.78, 5) is 33.4. The fourth-order valence-electron chi connectivity index (χ4n) is 3.04. The van der Waals surface area contributed by atoms with Gasteiger partial charge in [-0.3, -0.25) is 29.7 Å². The lowest BCUT2D eigenvalue weighted by molar-refractivity contribution is -0.385. The van der Waals surface area contributed by atoms with E-state index in [1.807, 2.05) is 19.9 Å². The molecule has 0 saturated carbocycles. The molecule has 3 aromatic rings. The van der Waals surface area contributed by atoms with Gasteiger partial charge in [-0.05, 0) is 37.1 Å². The monoisotopic (exact) mass is 441 g/mol. The molecule has 2 aromatic carbocycles. The molecular formula is C20H19N5O7. The number of hydrogen-bond donors (Lipinski definition) is 1. The predicted octanol–water partition coefficient (Wildman–Crippen LogP) is 3.76. The number of methoxy groups -OCH3 is 1. The minimum atomic E-state index is -0.683. The van der Waals surface area contributed by atoms with Gasteiger partial charge in [-0.15, -0.1) is 5.10 Å². The highest BCUT2D eigenvalue weighted by Crippen LogP contribution is 2.31. The lowest BCUT2D eigenvalue weighted by Gasteiger charge is -2.11. The number of rotatable bonds is 8. The molecule has 1 N–H and O–H groups in total. The molecule has 3 rings (SSSR count). The van der Waals surface area contributed by atoms with Crippen LogP contribution in [0.5, 0.6) is 17.4 Å². The first kappa shape index (κ1) is 22.2. The number of carbonyl (C=O) groups excluding carboxylic acids is 1. The van der Waals surface area contributed by atoms with Crippen LogP contribution in [0.25, 0.3) is 0 Å². The lowest BCUT2D eigenvalue weighted by atomic mass is 10.1. The largest absolute Gasteiger partial charge is 0.475 e. The molecule has 0 fully saturated rings. The second-order valence-corrected chi connectivity index (χ2v) is 6.92. The Bertz CT molecular complexity index is 1180. The van der Waals surface area contributed by atoms with E-state index in [4.69, 9.17) is 9.47 Å². The summed E-state index contributed by atoms with van der Waals surface area (Å²) in [5, 5.41) is 28.7. The number of benzene rings is 2. The molecule has 12 nitrogen and oxygen atoms in total. The number of carbonyl (C=O) groups is 1. The van der Waals surface area contributed by atoms with Gasteiger partial charge in [0.15, 0.2) is 0 Å². The van der Waals surface area contributed by atoms with Crippen LogP contribution in [-0.4, -0.2) is 32.6 Å². The number of hydrogen-bond acceptors (Lipinski definition) is 8. The third-order valence-corrected chi connectivity index (χ3v) is 4.22. The van der Waals surface area contributed by atoms with E-state index in [9.17, 15) is 25.0 Å². The maximum absolute atomic E-state index is 12.4. The zero-order chi connectivity index (χ0) is 23.4. The van der Waals surface area contributed by atoms with Crippen LogP contribution in [0, 0.1) is 34.1 Å². The van der Waals surface area contributed by atoms with Crippen molar-refractivity contribution in [2.24, 2.45) is 0 Å². The number of amides is 1. The zero-order valence-corrected chi connectivity index (χ0v) is 17.4. The number of non-ortho nitro benzene ring substituents is 1. The number of aryl methyl sites for hydroxylation is 2. The highest BCUT2D eigenvalue weighted by molar-refractivity contribution is 5.91. The number of nitro benzene ring substituents is 1. The zero-order valence-electron chi connectivity index (χ0n) is 17.4. The van der Waals surface area contributed by atoms with Crippen molar-refractivity contribution >= 4 is 23.0 Å². The summed E-state index contributed by atoms with van der Waals surface area (Å²) in [5.41, 5.74) is 1.38. The minimum Gasteiger partial charge on any atom is -0.475 e. The summed E-state index contributed by atoms with van der Waals surface area (Å²) in [7, 11) is 1.22. The molecule has 32 heavy (non-hydrogen) atoms. The molecule has 0 spiro atoms. The van der Waals surface area contributed by atoms with Gasteiger partial charge in [-0.1, -0.05) is 6.07 Å². The van der Waals surface area contributed by atoms with E-state index < -0.39 is 15.8 Å². The van der Waals surface area contributed by atoms with Gasteiger partial charge in [0.2, 0.25) is 5.91 Å². The van der Waals surface area contributed by atoms with Crippen LogP contribution in [-0.2, 0) is 11.3 Å². The normalized spacial score (nSPS) is 10.5. The molecule has 0 bridgehead atoms. The summed E-state index contributed by atoms with van der Waals surface area (Å²) in [6.07, 6.45) is 1.06. The molecule has 166 valence electrons. The quantitative estimate of drug-likeness (QED) is 0.410. The number of ether oxygens (including phenoxy) is 2. The Morgan fingerprint density at radius 3 is 2.25 bits per heavy atom. The SMILES string of the molecule is COc1nn(CC(=O)Nc2cc(Oc3cc(C)cc(C)c3)cc([N+](=O)[O-])c2)cc1[N+](=O)[O-]. The van der Waals surface area contributed by atoms with Crippen LogP contribution in [0.4, 0.5) is 17.1 Å². The van der Waals surface area contributed by atoms with E-state index in [0.717, 1.165) is 22.0 Å². The average molecular weight is 441 g/mol. The predicted molar refractivity (Wildman–Crippen MR) is 113 cm³/mol. The minimum absolute atomic E-state index is 0.122. The van der Waals surface area contributed by atoms with Crippen LogP contribution in [0.3, 0.4) is 0 Å². The number of nitro groups is 2. The highest BCUT2D eigenvalue weighted by atomic mass is 16.6. The Hall–Kier alpha value is -4.48. The van der Waals surface area contributed by atoms with Gasteiger partial charge >= 0.3 is 11.6 Å². The molecule has 1 amide bonds. The van der Waals surface area contributed by atoms with Gasteiger partial charge in [-0.2, -0.15) is 0 Å². The van der Waals surface area contributed by atoms with Gasteiger partial charge in [0, 0.05) is 12.1 Å². The smallest absolute Gasteiger partial charge is 0.350 e. The van der Waals surface area contributed by atoms with Crippen molar-refractivity contribution in [2.45, 2.75) is 20.4 Å². The average Bonchev–Trinajstić information content (AvgIpc) is 3.09. The second-order valence-electron chi connectivity index (χ2n) is 6.92. The van der Waals surface area contributed by atoms with Crippen LogP contribution in [0.2, 0.25) is 0 Å². The molecule has 0 aliphatic heterocycles. The molecule has 1 heterocycles. The Balaban J connectivity index is 1.81. The fourth-order valence-corrected chi connectivity index (χ4v) is 3.04. The summed E-state index contributed by atoms with van der Waals surface area (Å²) >= 11 is 0. The molecule has 0 atom stereocenters. The number of anilines is 1. The molecule has 12 heteroatoms. The Labute approximate surface area is 181 Å². The second kappa shape index (κ2) is 9.12. The number of nitrogens with one attached hydrogen (secondary N) is 1. The molecule has 1 aromatic heterocycles. The first-order chi connectivity index (χ1) is 15.1. The van der Waals surface area contributed by atoms with Crippen molar-refractivity contribution in [3.8, 4) is 17.4 Å². The van der Waals surface area contributed by atoms with Gasteiger partial charge in [0.05, 0.1) is 28.7 Å². The maximum Gasteiger partial charge on any atom is 0.350 e. The Morgan fingerprint density at radius 1 is 1.03 bits per heavy atom. The van der Waals surface area contributed by atoms with Crippen molar-refractivity contribution in [2.75, 3.05) is 12.4 Å². The summed E-state index contributed by atoms with van der Waals surface area (Å²) < 4.78 is 11.6. The molecule has 0 saturated heterocycles. The standard InChI is InChI=1S/C20H19N5O7/c1-12-4-13(2)6-16(5-12)32-17-8-14(7-15(9-17)24(27)28)21-19(26)11-23-10-18(25(29)30)20(22-23)31-3/h4-10H,11H2,1-3H3,(H,21,26).